The van der Waals surface area contributed by atoms with Crippen LogP contribution in [0.15, 0.2) is 42.5 Å². The lowest BCUT2D eigenvalue weighted by Crippen LogP contribution is -2.03. The minimum absolute atomic E-state index is 0.195. The van der Waals surface area contributed by atoms with Crippen LogP contribution in [0.3, 0.4) is 0 Å². The summed E-state index contributed by atoms with van der Waals surface area (Å²) in [6.45, 7) is 2.76. The van der Waals surface area contributed by atoms with Gasteiger partial charge in [-0.3, -0.25) is 0 Å². The number of carbonyl (C=O) groups excluding carboxylic acids is 1. The van der Waals surface area contributed by atoms with Gasteiger partial charge in [0.25, 0.3) is 0 Å². The van der Waals surface area contributed by atoms with Crippen LogP contribution in [0.5, 0.6) is 5.75 Å². The quantitative estimate of drug-likeness (QED) is 0.774. The smallest absolute Gasteiger partial charge is 0.132 e. The van der Waals surface area contributed by atoms with Gasteiger partial charge >= 0.3 is 0 Å². The monoisotopic (exact) mass is 252 g/mol. The van der Waals surface area contributed by atoms with E-state index in [2.05, 4.69) is 19.1 Å². The van der Waals surface area contributed by atoms with Crippen LogP contribution in [0.2, 0.25) is 0 Å². The SMILES string of the molecule is CCCOc1cccc2c1C(C=O)c1ccccc1-2. The van der Waals surface area contributed by atoms with Gasteiger partial charge in [-0.25, -0.2) is 0 Å². The van der Waals surface area contributed by atoms with Crippen LogP contribution >= 0.6 is 0 Å². The Kier molecular flexibility index (Phi) is 3.08. The third kappa shape index (κ3) is 1.84. The standard InChI is InChI=1S/C17H16O2/c1-2-10-19-16-9-5-8-14-12-6-3-4-7-13(12)15(11-18)17(14)16/h3-9,11,15H,2,10H2,1H3. The summed E-state index contributed by atoms with van der Waals surface area (Å²) in [4.78, 5) is 11.5. The summed E-state index contributed by atoms with van der Waals surface area (Å²) >= 11 is 0. The Hall–Kier alpha value is -2.09. The fourth-order valence-electron chi connectivity index (χ4n) is 2.75. The summed E-state index contributed by atoms with van der Waals surface area (Å²) in [5.41, 5.74) is 4.38. The number of rotatable bonds is 4. The lowest BCUT2D eigenvalue weighted by Gasteiger charge is -2.12. The van der Waals surface area contributed by atoms with Crippen molar-refractivity contribution in [3.63, 3.8) is 0 Å². The molecule has 0 N–H and O–H groups in total. The molecule has 96 valence electrons. The van der Waals surface area contributed by atoms with E-state index in [-0.39, 0.29) is 5.92 Å². The maximum absolute atomic E-state index is 11.5. The first kappa shape index (κ1) is 12.0. The molecule has 0 spiro atoms. The molecule has 2 aromatic rings. The zero-order valence-corrected chi connectivity index (χ0v) is 10.9. The van der Waals surface area contributed by atoms with Gasteiger partial charge in [0.2, 0.25) is 0 Å². The number of benzene rings is 2. The number of hydrogen-bond donors (Lipinski definition) is 0. The topological polar surface area (TPSA) is 26.3 Å². The first-order valence-electron chi connectivity index (χ1n) is 6.67. The van der Waals surface area contributed by atoms with Crippen LogP contribution < -0.4 is 4.74 Å². The number of hydrogen-bond acceptors (Lipinski definition) is 2. The molecule has 1 unspecified atom stereocenters. The Balaban J connectivity index is 2.16. The molecule has 2 heteroatoms. The van der Waals surface area contributed by atoms with Crippen LogP contribution in [0.4, 0.5) is 0 Å². The molecule has 0 saturated heterocycles. The summed E-state index contributed by atoms with van der Waals surface area (Å²) in [6.07, 6.45) is 1.98. The largest absolute Gasteiger partial charge is 0.493 e. The van der Waals surface area contributed by atoms with Crippen molar-refractivity contribution in [1.82, 2.24) is 0 Å². The van der Waals surface area contributed by atoms with Crippen molar-refractivity contribution in [2.45, 2.75) is 19.3 Å². The first-order chi connectivity index (χ1) is 9.36. The summed E-state index contributed by atoms with van der Waals surface area (Å²) in [5, 5.41) is 0. The van der Waals surface area contributed by atoms with Gasteiger partial charge < -0.3 is 9.53 Å². The lowest BCUT2D eigenvalue weighted by molar-refractivity contribution is -0.108. The number of aldehydes is 1. The molecule has 1 aliphatic rings. The molecule has 3 rings (SSSR count). The van der Waals surface area contributed by atoms with Crippen molar-refractivity contribution >= 4 is 6.29 Å². The molecule has 0 radical (unpaired) electrons. The predicted octanol–water partition coefficient (Wildman–Crippen LogP) is 3.79. The van der Waals surface area contributed by atoms with Gasteiger partial charge in [-0.2, -0.15) is 0 Å². The fourth-order valence-corrected chi connectivity index (χ4v) is 2.75. The van der Waals surface area contributed by atoms with Gasteiger partial charge in [-0.05, 0) is 29.2 Å². The van der Waals surface area contributed by atoms with E-state index in [4.69, 9.17) is 4.74 Å². The molecule has 0 bridgehead atoms. The Morgan fingerprint density at radius 2 is 1.89 bits per heavy atom. The summed E-state index contributed by atoms with van der Waals surface area (Å²) < 4.78 is 5.80. The number of fused-ring (bicyclic) bond motifs is 3. The van der Waals surface area contributed by atoms with Crippen molar-refractivity contribution < 1.29 is 9.53 Å². The molecule has 1 atom stereocenters. The van der Waals surface area contributed by atoms with Crippen molar-refractivity contribution in [1.29, 1.82) is 0 Å². The summed E-state index contributed by atoms with van der Waals surface area (Å²) in [7, 11) is 0. The van der Waals surface area contributed by atoms with E-state index in [9.17, 15) is 4.79 Å². The molecule has 0 aromatic heterocycles. The summed E-state index contributed by atoms with van der Waals surface area (Å²) in [6, 6.07) is 14.1. The second-order valence-electron chi connectivity index (χ2n) is 4.77. The fraction of sp³-hybridized carbons (Fsp3) is 0.235. The highest BCUT2D eigenvalue weighted by Gasteiger charge is 2.30. The van der Waals surface area contributed by atoms with Gasteiger partial charge in [0.15, 0.2) is 0 Å². The molecule has 2 nitrogen and oxygen atoms in total. The molecular formula is C17H16O2. The average molecular weight is 252 g/mol. The van der Waals surface area contributed by atoms with Gasteiger partial charge in [0.1, 0.15) is 12.0 Å². The normalized spacial score (nSPS) is 15.7. The van der Waals surface area contributed by atoms with E-state index in [1.165, 1.54) is 0 Å². The average Bonchev–Trinajstić information content (AvgIpc) is 2.79. The van der Waals surface area contributed by atoms with Crippen LogP contribution in [-0.4, -0.2) is 12.9 Å². The molecule has 0 saturated carbocycles. The first-order valence-corrected chi connectivity index (χ1v) is 6.67. The second-order valence-corrected chi connectivity index (χ2v) is 4.77. The van der Waals surface area contributed by atoms with Crippen LogP contribution in [0.1, 0.15) is 30.4 Å². The predicted molar refractivity (Wildman–Crippen MR) is 75.6 cm³/mol. The molecule has 0 aliphatic heterocycles. The molecule has 1 aliphatic carbocycles. The summed E-state index contributed by atoms with van der Waals surface area (Å²) in [5.74, 6) is 0.645. The Labute approximate surface area is 113 Å². The van der Waals surface area contributed by atoms with E-state index < -0.39 is 0 Å². The number of carbonyl (C=O) groups is 1. The van der Waals surface area contributed by atoms with Gasteiger partial charge in [-0.1, -0.05) is 43.3 Å². The second kappa shape index (κ2) is 4.88. The van der Waals surface area contributed by atoms with Crippen molar-refractivity contribution in [2.24, 2.45) is 0 Å². The Morgan fingerprint density at radius 1 is 1.11 bits per heavy atom. The van der Waals surface area contributed by atoms with Crippen LogP contribution in [-0.2, 0) is 4.79 Å². The third-order valence-electron chi connectivity index (χ3n) is 3.56. The van der Waals surface area contributed by atoms with E-state index in [1.807, 2.05) is 30.3 Å². The molecular weight excluding hydrogens is 236 g/mol. The highest BCUT2D eigenvalue weighted by atomic mass is 16.5. The highest BCUT2D eigenvalue weighted by Crippen LogP contribution is 2.47. The van der Waals surface area contributed by atoms with Crippen molar-refractivity contribution in [2.75, 3.05) is 6.61 Å². The van der Waals surface area contributed by atoms with E-state index in [0.29, 0.717) is 6.61 Å². The zero-order chi connectivity index (χ0) is 13.2. The van der Waals surface area contributed by atoms with Crippen molar-refractivity contribution in [3.05, 3.63) is 53.6 Å². The molecule has 2 aromatic carbocycles. The van der Waals surface area contributed by atoms with Crippen LogP contribution in [0, 0.1) is 0 Å². The molecule has 0 heterocycles. The number of ether oxygens (including phenoxy) is 1. The highest BCUT2D eigenvalue weighted by molar-refractivity contribution is 5.89. The van der Waals surface area contributed by atoms with Gasteiger partial charge in [-0.15, -0.1) is 0 Å². The molecule has 0 fully saturated rings. The minimum atomic E-state index is -0.195. The van der Waals surface area contributed by atoms with Gasteiger partial charge in [0, 0.05) is 5.56 Å². The van der Waals surface area contributed by atoms with Crippen molar-refractivity contribution in [3.8, 4) is 16.9 Å². The maximum atomic E-state index is 11.5. The minimum Gasteiger partial charge on any atom is -0.493 e. The zero-order valence-electron chi connectivity index (χ0n) is 10.9. The third-order valence-corrected chi connectivity index (χ3v) is 3.56. The van der Waals surface area contributed by atoms with E-state index in [1.54, 1.807) is 0 Å². The maximum Gasteiger partial charge on any atom is 0.132 e. The Bertz CT molecular complexity index is 616. The molecule has 19 heavy (non-hydrogen) atoms. The lowest BCUT2D eigenvalue weighted by atomic mass is 9.98. The van der Waals surface area contributed by atoms with Crippen LogP contribution in [0.25, 0.3) is 11.1 Å². The van der Waals surface area contributed by atoms with Gasteiger partial charge in [0.05, 0.1) is 12.5 Å². The van der Waals surface area contributed by atoms with E-state index in [0.717, 1.165) is 40.7 Å². The van der Waals surface area contributed by atoms with E-state index >= 15 is 0 Å². The Morgan fingerprint density at radius 3 is 2.68 bits per heavy atom. The molecule has 0 amide bonds.